The van der Waals surface area contributed by atoms with Crippen molar-refractivity contribution in [1.29, 1.82) is 0 Å². The molecule has 0 aromatic rings. The Morgan fingerprint density at radius 1 is 0.450 bits per heavy atom. The first-order valence-corrected chi connectivity index (χ1v) is 26.6. The second-order valence-corrected chi connectivity index (χ2v) is 18.2. The van der Waals surface area contributed by atoms with Crippen LogP contribution in [-0.2, 0) is 14.3 Å². The maximum absolute atomic E-state index is 12.4. The van der Waals surface area contributed by atoms with Gasteiger partial charge >= 0.3 is 5.97 Å². The summed E-state index contributed by atoms with van der Waals surface area (Å²) < 4.78 is 5.47. The molecule has 0 fully saturated rings. The topological polar surface area (TPSA) is 95.9 Å². The van der Waals surface area contributed by atoms with Crippen molar-refractivity contribution in [2.24, 2.45) is 0 Å². The van der Waals surface area contributed by atoms with Crippen LogP contribution in [0, 0.1) is 0 Å². The molecule has 0 aliphatic heterocycles. The normalized spacial score (nSPS) is 12.8. The summed E-state index contributed by atoms with van der Waals surface area (Å²) in [5.74, 6) is -0.0977. The molecule has 1 amide bonds. The Balaban J connectivity index is 3.48. The van der Waals surface area contributed by atoms with Crippen molar-refractivity contribution in [1.82, 2.24) is 5.32 Å². The first kappa shape index (κ1) is 58.3. The Kier molecular flexibility index (Phi) is 48.6. The van der Waals surface area contributed by atoms with Gasteiger partial charge in [0.05, 0.1) is 25.4 Å². The number of ether oxygens (including phenoxy) is 1. The lowest BCUT2D eigenvalue weighted by atomic mass is 10.0. The van der Waals surface area contributed by atoms with E-state index in [4.69, 9.17) is 4.74 Å². The Morgan fingerprint density at radius 2 is 0.783 bits per heavy atom. The monoisotopic (exact) mass is 846 g/mol. The number of unbranched alkanes of at least 4 members (excludes halogenated alkanes) is 36. The van der Waals surface area contributed by atoms with E-state index in [1.54, 1.807) is 6.08 Å². The summed E-state index contributed by atoms with van der Waals surface area (Å²) in [6.07, 6.45) is 58.9. The second kappa shape index (κ2) is 50.0. The van der Waals surface area contributed by atoms with Crippen LogP contribution in [0.3, 0.4) is 0 Å². The number of carbonyl (C=O) groups is 2. The van der Waals surface area contributed by atoms with E-state index in [2.05, 4.69) is 31.3 Å². The molecule has 0 bridgehead atoms. The fraction of sp³-hybridized carbons (Fsp3) is 0.889. The van der Waals surface area contributed by atoms with Crippen LogP contribution in [0.15, 0.2) is 24.3 Å². The van der Waals surface area contributed by atoms with Gasteiger partial charge in [-0.05, 0) is 57.8 Å². The molecule has 0 saturated heterocycles. The molecule has 6 nitrogen and oxygen atoms in total. The summed E-state index contributed by atoms with van der Waals surface area (Å²) in [6, 6.07) is -0.639. The number of esters is 1. The molecule has 0 heterocycles. The molecule has 0 aliphatic rings. The van der Waals surface area contributed by atoms with Crippen LogP contribution < -0.4 is 5.32 Å². The van der Waals surface area contributed by atoms with Gasteiger partial charge in [-0.3, -0.25) is 9.59 Å². The number of hydrogen-bond acceptors (Lipinski definition) is 5. The molecule has 0 aromatic carbocycles. The first-order chi connectivity index (χ1) is 29.5. The molecule has 0 rings (SSSR count). The molecule has 354 valence electrons. The fourth-order valence-electron chi connectivity index (χ4n) is 8.10. The number of nitrogens with one attached hydrogen (secondary N) is 1. The van der Waals surface area contributed by atoms with Gasteiger partial charge in [-0.1, -0.05) is 237 Å². The van der Waals surface area contributed by atoms with Crippen LogP contribution in [0.5, 0.6) is 0 Å². The third-order valence-corrected chi connectivity index (χ3v) is 12.2. The predicted molar refractivity (Wildman–Crippen MR) is 260 cm³/mol. The molecule has 0 aromatic heterocycles. The molecule has 6 heteroatoms. The quantitative estimate of drug-likeness (QED) is 0.0322. The molecule has 0 spiro atoms. The number of rotatable bonds is 49. The minimum atomic E-state index is -0.854. The molecular formula is C54H103NO5. The Hall–Kier alpha value is -1.66. The summed E-state index contributed by atoms with van der Waals surface area (Å²) >= 11 is 0. The number of hydrogen-bond donors (Lipinski definition) is 3. The number of aliphatic hydroxyl groups is 2. The lowest BCUT2D eigenvalue weighted by Gasteiger charge is -2.20. The van der Waals surface area contributed by atoms with E-state index < -0.39 is 12.1 Å². The van der Waals surface area contributed by atoms with Crippen molar-refractivity contribution in [3.05, 3.63) is 24.3 Å². The summed E-state index contributed by atoms with van der Waals surface area (Å²) in [4.78, 5) is 24.5. The fourth-order valence-corrected chi connectivity index (χ4v) is 8.10. The summed E-state index contributed by atoms with van der Waals surface area (Å²) in [5.41, 5.74) is 0. The average molecular weight is 846 g/mol. The molecule has 3 N–H and O–H groups in total. The lowest BCUT2D eigenvalue weighted by Crippen LogP contribution is -2.45. The lowest BCUT2D eigenvalue weighted by molar-refractivity contribution is -0.143. The zero-order chi connectivity index (χ0) is 43.7. The SMILES string of the molecule is CCCCCCCC/C=C\CCCCCCCCCC(=O)OCCCCCCCCCCCCCCC(=O)NC(CO)C(O)/C=C/CCCCCCCCCCCCCC. The van der Waals surface area contributed by atoms with E-state index in [1.165, 1.54) is 199 Å². The molecule has 2 unspecified atom stereocenters. The van der Waals surface area contributed by atoms with Gasteiger partial charge in [0, 0.05) is 12.8 Å². The highest BCUT2D eigenvalue weighted by molar-refractivity contribution is 5.76. The van der Waals surface area contributed by atoms with Gasteiger partial charge in [-0.15, -0.1) is 0 Å². The number of allylic oxidation sites excluding steroid dienone is 3. The van der Waals surface area contributed by atoms with Gasteiger partial charge < -0.3 is 20.3 Å². The van der Waals surface area contributed by atoms with Crippen molar-refractivity contribution in [2.75, 3.05) is 13.2 Å². The standard InChI is InChI=1S/C54H103NO5/c1-3-5-7-9-11-13-15-17-19-20-21-23-28-32-36-40-44-48-54(59)60-49-45-41-37-33-29-25-24-27-31-35-39-43-47-53(58)55-51(50-56)52(57)46-42-38-34-30-26-22-18-16-14-12-10-8-6-4-2/h17,19,42,46,51-52,56-57H,3-16,18,20-41,43-45,47-50H2,1-2H3,(H,55,58)/b19-17-,46-42+. The van der Waals surface area contributed by atoms with Crippen LogP contribution in [-0.4, -0.2) is 47.4 Å². The second-order valence-electron chi connectivity index (χ2n) is 18.2. The summed E-state index contributed by atoms with van der Waals surface area (Å²) in [5, 5.41) is 23.0. The third-order valence-electron chi connectivity index (χ3n) is 12.2. The highest BCUT2D eigenvalue weighted by Gasteiger charge is 2.18. The number of amides is 1. The van der Waals surface area contributed by atoms with Crippen molar-refractivity contribution in [3.63, 3.8) is 0 Å². The third kappa shape index (κ3) is 45.9. The van der Waals surface area contributed by atoms with Gasteiger partial charge in [-0.2, -0.15) is 0 Å². The van der Waals surface area contributed by atoms with E-state index in [1.807, 2.05) is 6.08 Å². The van der Waals surface area contributed by atoms with Crippen LogP contribution in [0.4, 0.5) is 0 Å². The maximum atomic E-state index is 12.4. The van der Waals surface area contributed by atoms with Gasteiger partial charge in [0.25, 0.3) is 0 Å². The zero-order valence-corrected chi connectivity index (χ0v) is 40.2. The predicted octanol–water partition coefficient (Wildman–Crippen LogP) is 15.9. The molecule has 0 radical (unpaired) electrons. The first-order valence-electron chi connectivity index (χ1n) is 26.6. The minimum absolute atomic E-state index is 0.0143. The van der Waals surface area contributed by atoms with E-state index >= 15 is 0 Å². The molecule has 0 aliphatic carbocycles. The summed E-state index contributed by atoms with van der Waals surface area (Å²) in [7, 11) is 0. The van der Waals surface area contributed by atoms with Crippen molar-refractivity contribution in [2.45, 2.75) is 296 Å². The van der Waals surface area contributed by atoms with E-state index in [0.717, 1.165) is 57.8 Å². The largest absolute Gasteiger partial charge is 0.466 e. The average Bonchev–Trinajstić information content (AvgIpc) is 3.25. The Morgan fingerprint density at radius 3 is 1.18 bits per heavy atom. The van der Waals surface area contributed by atoms with Gasteiger partial charge in [0.15, 0.2) is 0 Å². The van der Waals surface area contributed by atoms with Crippen LogP contribution >= 0.6 is 0 Å². The molecule has 2 atom stereocenters. The van der Waals surface area contributed by atoms with Gasteiger partial charge in [0.2, 0.25) is 5.91 Å². The highest BCUT2D eigenvalue weighted by Crippen LogP contribution is 2.16. The van der Waals surface area contributed by atoms with Crippen LogP contribution in [0.25, 0.3) is 0 Å². The van der Waals surface area contributed by atoms with E-state index in [0.29, 0.717) is 19.4 Å². The van der Waals surface area contributed by atoms with Crippen LogP contribution in [0.2, 0.25) is 0 Å². The van der Waals surface area contributed by atoms with Crippen LogP contribution in [0.1, 0.15) is 284 Å². The van der Waals surface area contributed by atoms with Gasteiger partial charge in [-0.25, -0.2) is 0 Å². The Bertz CT molecular complexity index is 935. The van der Waals surface area contributed by atoms with Crippen molar-refractivity contribution >= 4 is 11.9 Å². The highest BCUT2D eigenvalue weighted by atomic mass is 16.5. The minimum Gasteiger partial charge on any atom is -0.466 e. The Labute approximate surface area is 373 Å². The molecular weight excluding hydrogens is 743 g/mol. The van der Waals surface area contributed by atoms with Gasteiger partial charge in [0.1, 0.15) is 0 Å². The number of aliphatic hydroxyl groups excluding tert-OH is 2. The van der Waals surface area contributed by atoms with Crippen molar-refractivity contribution in [3.8, 4) is 0 Å². The zero-order valence-electron chi connectivity index (χ0n) is 40.2. The molecule has 0 saturated carbocycles. The van der Waals surface area contributed by atoms with E-state index in [9.17, 15) is 19.8 Å². The molecule has 60 heavy (non-hydrogen) atoms. The smallest absolute Gasteiger partial charge is 0.305 e. The maximum Gasteiger partial charge on any atom is 0.305 e. The number of carbonyl (C=O) groups excluding carboxylic acids is 2. The summed E-state index contributed by atoms with van der Waals surface area (Å²) in [6.45, 7) is 4.86. The van der Waals surface area contributed by atoms with E-state index in [-0.39, 0.29) is 18.5 Å². The van der Waals surface area contributed by atoms with Crippen molar-refractivity contribution < 1.29 is 24.5 Å².